The SMILES string of the molecule is N#Cc1cc(O)c(N)c([N+](=O)[O-])c1. The molecule has 0 spiro atoms. The van der Waals surface area contributed by atoms with E-state index in [1.54, 1.807) is 6.07 Å². The smallest absolute Gasteiger partial charge is 0.297 e. The molecule has 0 aliphatic heterocycles. The summed E-state index contributed by atoms with van der Waals surface area (Å²) in [6.45, 7) is 0. The predicted molar refractivity (Wildman–Crippen MR) is 43.9 cm³/mol. The molecular formula is C7H5N3O3. The Morgan fingerprint density at radius 2 is 2.23 bits per heavy atom. The van der Waals surface area contributed by atoms with Crippen LogP contribution in [0, 0.1) is 21.4 Å². The Hall–Kier alpha value is -2.29. The number of phenolic OH excluding ortho intramolecular Hbond substituents is 1. The zero-order valence-electron chi connectivity index (χ0n) is 6.39. The van der Waals surface area contributed by atoms with Gasteiger partial charge in [-0.2, -0.15) is 5.26 Å². The number of hydrogen-bond donors (Lipinski definition) is 2. The second-order valence-electron chi connectivity index (χ2n) is 2.30. The molecule has 3 N–H and O–H groups in total. The zero-order valence-corrected chi connectivity index (χ0v) is 6.39. The molecule has 0 bridgehead atoms. The van der Waals surface area contributed by atoms with Crippen molar-refractivity contribution >= 4 is 11.4 Å². The highest BCUT2D eigenvalue weighted by atomic mass is 16.6. The summed E-state index contributed by atoms with van der Waals surface area (Å²) in [5, 5.41) is 27.9. The number of anilines is 1. The third-order valence-corrected chi connectivity index (χ3v) is 1.46. The number of benzene rings is 1. The summed E-state index contributed by atoms with van der Waals surface area (Å²) in [4.78, 5) is 9.59. The Labute approximate surface area is 73.0 Å². The van der Waals surface area contributed by atoms with Crippen molar-refractivity contribution in [2.24, 2.45) is 0 Å². The molecule has 0 saturated heterocycles. The first-order chi connectivity index (χ1) is 6.06. The highest BCUT2D eigenvalue weighted by Crippen LogP contribution is 2.31. The van der Waals surface area contributed by atoms with Crippen LogP contribution in [0.15, 0.2) is 12.1 Å². The summed E-state index contributed by atoms with van der Waals surface area (Å²) in [5.74, 6) is -0.453. The number of nitro groups is 1. The molecule has 0 amide bonds. The van der Waals surface area contributed by atoms with Gasteiger partial charge in [0.25, 0.3) is 5.69 Å². The molecule has 0 fully saturated rings. The van der Waals surface area contributed by atoms with Gasteiger partial charge < -0.3 is 10.8 Å². The number of nitro benzene ring substituents is 1. The fourth-order valence-electron chi connectivity index (χ4n) is 0.839. The van der Waals surface area contributed by atoms with E-state index in [-0.39, 0.29) is 11.3 Å². The monoisotopic (exact) mass is 179 g/mol. The molecule has 0 aliphatic rings. The molecule has 0 radical (unpaired) electrons. The summed E-state index contributed by atoms with van der Waals surface area (Å²) < 4.78 is 0. The second kappa shape index (κ2) is 2.98. The van der Waals surface area contributed by atoms with Crippen LogP contribution in [0.3, 0.4) is 0 Å². The molecule has 0 unspecified atom stereocenters. The normalized spacial score (nSPS) is 9.15. The number of nitrogens with two attached hydrogens (primary N) is 1. The van der Waals surface area contributed by atoms with E-state index in [0.717, 1.165) is 12.1 Å². The molecule has 0 saturated carbocycles. The first-order valence-electron chi connectivity index (χ1n) is 3.23. The van der Waals surface area contributed by atoms with Gasteiger partial charge in [0.05, 0.1) is 16.6 Å². The summed E-state index contributed by atoms with van der Waals surface area (Å²) in [7, 11) is 0. The van der Waals surface area contributed by atoms with Crippen LogP contribution >= 0.6 is 0 Å². The lowest BCUT2D eigenvalue weighted by Gasteiger charge is -1.99. The lowest BCUT2D eigenvalue weighted by atomic mass is 10.2. The highest BCUT2D eigenvalue weighted by molar-refractivity contribution is 5.69. The van der Waals surface area contributed by atoms with E-state index in [9.17, 15) is 10.1 Å². The second-order valence-corrected chi connectivity index (χ2v) is 2.30. The lowest BCUT2D eigenvalue weighted by molar-refractivity contribution is -0.384. The van der Waals surface area contributed by atoms with Gasteiger partial charge in [0.2, 0.25) is 0 Å². The van der Waals surface area contributed by atoms with Crippen molar-refractivity contribution in [1.82, 2.24) is 0 Å². The number of rotatable bonds is 1. The van der Waals surface area contributed by atoms with Crippen molar-refractivity contribution < 1.29 is 10.0 Å². The largest absolute Gasteiger partial charge is 0.505 e. The van der Waals surface area contributed by atoms with Gasteiger partial charge in [0, 0.05) is 12.1 Å². The van der Waals surface area contributed by atoms with Crippen molar-refractivity contribution in [3.63, 3.8) is 0 Å². The van der Waals surface area contributed by atoms with Crippen LogP contribution in [-0.4, -0.2) is 10.0 Å². The third-order valence-electron chi connectivity index (χ3n) is 1.46. The minimum absolute atomic E-state index is 0.00148. The van der Waals surface area contributed by atoms with E-state index >= 15 is 0 Å². The Balaban J connectivity index is 3.44. The fraction of sp³-hybridized carbons (Fsp3) is 0. The van der Waals surface area contributed by atoms with Crippen LogP contribution in [0.4, 0.5) is 11.4 Å². The number of nitriles is 1. The van der Waals surface area contributed by atoms with Crippen molar-refractivity contribution in [2.75, 3.05) is 5.73 Å². The molecule has 1 rings (SSSR count). The standard InChI is InChI=1S/C7H5N3O3/c8-3-4-1-5(10(12)13)7(9)6(11)2-4/h1-2,11H,9H2. The summed E-state index contributed by atoms with van der Waals surface area (Å²) >= 11 is 0. The minimum atomic E-state index is -0.754. The number of hydrogen-bond acceptors (Lipinski definition) is 5. The Bertz CT molecular complexity index is 408. The average molecular weight is 179 g/mol. The molecule has 6 nitrogen and oxygen atoms in total. The molecule has 13 heavy (non-hydrogen) atoms. The van der Waals surface area contributed by atoms with Gasteiger partial charge in [0.1, 0.15) is 5.75 Å². The third kappa shape index (κ3) is 1.49. The van der Waals surface area contributed by atoms with E-state index in [4.69, 9.17) is 16.1 Å². The maximum absolute atomic E-state index is 10.3. The topological polar surface area (TPSA) is 113 Å². The first-order valence-corrected chi connectivity index (χ1v) is 3.23. The van der Waals surface area contributed by atoms with Crippen molar-refractivity contribution in [3.05, 3.63) is 27.8 Å². The van der Waals surface area contributed by atoms with Crippen molar-refractivity contribution in [2.45, 2.75) is 0 Å². The van der Waals surface area contributed by atoms with Gasteiger partial charge in [-0.25, -0.2) is 0 Å². The van der Waals surface area contributed by atoms with Crippen LogP contribution < -0.4 is 5.73 Å². The number of nitrogens with zero attached hydrogens (tertiary/aromatic N) is 2. The molecule has 1 aromatic carbocycles. The van der Waals surface area contributed by atoms with Gasteiger partial charge >= 0.3 is 0 Å². The highest BCUT2D eigenvalue weighted by Gasteiger charge is 2.16. The van der Waals surface area contributed by atoms with Gasteiger partial charge in [0.15, 0.2) is 5.69 Å². The van der Waals surface area contributed by atoms with Gasteiger partial charge in [-0.3, -0.25) is 10.1 Å². The van der Waals surface area contributed by atoms with Crippen LogP contribution in [0.5, 0.6) is 5.75 Å². The number of phenols is 1. The van der Waals surface area contributed by atoms with E-state index < -0.39 is 16.4 Å². The van der Waals surface area contributed by atoms with Crippen LogP contribution in [-0.2, 0) is 0 Å². The Kier molecular flexibility index (Phi) is 2.02. The number of nitrogen functional groups attached to an aromatic ring is 1. The van der Waals surface area contributed by atoms with Crippen LogP contribution in [0.2, 0.25) is 0 Å². The van der Waals surface area contributed by atoms with Crippen LogP contribution in [0.25, 0.3) is 0 Å². The molecule has 0 aliphatic carbocycles. The quantitative estimate of drug-likeness (QED) is 0.286. The van der Waals surface area contributed by atoms with Crippen LogP contribution in [0.1, 0.15) is 5.56 Å². The molecular weight excluding hydrogens is 174 g/mol. The summed E-state index contributed by atoms with van der Waals surface area (Å²) in [6, 6.07) is 3.75. The zero-order chi connectivity index (χ0) is 10.0. The fourth-order valence-corrected chi connectivity index (χ4v) is 0.839. The number of aromatic hydroxyl groups is 1. The molecule has 66 valence electrons. The molecule has 0 heterocycles. The van der Waals surface area contributed by atoms with Gasteiger partial charge in [-0.15, -0.1) is 0 Å². The van der Waals surface area contributed by atoms with Gasteiger partial charge in [-0.1, -0.05) is 0 Å². The maximum Gasteiger partial charge on any atom is 0.297 e. The molecule has 1 aromatic rings. The lowest BCUT2D eigenvalue weighted by Crippen LogP contribution is -1.96. The van der Waals surface area contributed by atoms with E-state index in [1.807, 2.05) is 0 Å². The van der Waals surface area contributed by atoms with Crippen molar-refractivity contribution in [3.8, 4) is 11.8 Å². The minimum Gasteiger partial charge on any atom is -0.505 e. The first kappa shape index (κ1) is 8.80. The van der Waals surface area contributed by atoms with Gasteiger partial charge in [-0.05, 0) is 0 Å². The Morgan fingerprint density at radius 1 is 1.62 bits per heavy atom. The molecule has 0 aromatic heterocycles. The molecule has 6 heteroatoms. The predicted octanol–water partition coefficient (Wildman–Crippen LogP) is 0.754. The maximum atomic E-state index is 10.3. The van der Waals surface area contributed by atoms with E-state index in [0.29, 0.717) is 0 Å². The Morgan fingerprint density at radius 3 is 2.69 bits per heavy atom. The van der Waals surface area contributed by atoms with E-state index in [2.05, 4.69) is 0 Å². The average Bonchev–Trinajstić information content (AvgIpc) is 2.09. The van der Waals surface area contributed by atoms with Crippen molar-refractivity contribution in [1.29, 1.82) is 5.26 Å². The van der Waals surface area contributed by atoms with E-state index in [1.165, 1.54) is 0 Å². The molecule has 0 atom stereocenters. The summed E-state index contributed by atoms with van der Waals surface area (Å²) in [6.07, 6.45) is 0. The summed E-state index contributed by atoms with van der Waals surface area (Å²) in [5.41, 5.74) is 4.41.